The third-order valence-electron chi connectivity index (χ3n) is 6.34. The Kier molecular flexibility index (Phi) is 14.6. The quantitative estimate of drug-likeness (QED) is 0.281. The number of aromatic nitrogens is 1. The van der Waals surface area contributed by atoms with Crippen LogP contribution >= 0.6 is 15.9 Å². The van der Waals surface area contributed by atoms with Crippen LogP contribution in [0.5, 0.6) is 0 Å². The zero-order valence-electron chi connectivity index (χ0n) is 26.3. The van der Waals surface area contributed by atoms with Crippen molar-refractivity contribution < 1.29 is 29.0 Å². The first-order valence-electron chi connectivity index (χ1n) is 14.5. The summed E-state index contributed by atoms with van der Waals surface area (Å²) in [5.41, 5.74) is 1.87. The van der Waals surface area contributed by atoms with E-state index < -0.39 is 23.5 Å². The monoisotopic (exact) mass is 673 g/mol. The molecule has 11 heteroatoms. The normalized spacial score (nSPS) is 14.2. The smallest absolute Gasteiger partial charge is 0.407 e. The summed E-state index contributed by atoms with van der Waals surface area (Å²) in [6, 6.07) is 16.9. The topological polar surface area (TPSA) is 138 Å². The second kappa shape index (κ2) is 17.6. The number of aromatic amines is 1. The lowest BCUT2D eigenvalue weighted by Crippen LogP contribution is -2.46. The molecule has 0 aliphatic carbocycles. The number of likely N-dealkylation sites (tertiary alicyclic amines) is 1. The zero-order valence-corrected chi connectivity index (χ0v) is 27.9. The van der Waals surface area contributed by atoms with Crippen LogP contribution in [0.1, 0.15) is 47.5 Å². The lowest BCUT2D eigenvalue weighted by molar-refractivity contribution is -0.150. The van der Waals surface area contributed by atoms with Crippen LogP contribution in [0, 0.1) is 11.3 Å². The summed E-state index contributed by atoms with van der Waals surface area (Å²) < 4.78 is 10.6. The van der Waals surface area contributed by atoms with Crippen molar-refractivity contribution in [3.05, 3.63) is 69.4 Å². The molecule has 2 amide bonds. The van der Waals surface area contributed by atoms with Crippen LogP contribution in [-0.4, -0.2) is 72.4 Å². The molecular formula is C33H44BrN3O7. The summed E-state index contributed by atoms with van der Waals surface area (Å²) in [6.07, 6.45) is 0.553. The highest BCUT2D eigenvalue weighted by molar-refractivity contribution is 9.10. The van der Waals surface area contributed by atoms with E-state index in [2.05, 4.69) is 51.7 Å². The van der Waals surface area contributed by atoms with E-state index in [0.29, 0.717) is 18.5 Å². The lowest BCUT2D eigenvalue weighted by atomic mass is 9.97. The third kappa shape index (κ3) is 11.8. The molecule has 2 aromatic carbocycles. The molecule has 0 spiro atoms. The maximum Gasteiger partial charge on any atom is 0.407 e. The minimum atomic E-state index is -0.733. The molecule has 44 heavy (non-hydrogen) atoms. The fourth-order valence-electron chi connectivity index (χ4n) is 4.07. The van der Waals surface area contributed by atoms with Gasteiger partial charge in [-0.25, -0.2) is 9.59 Å². The Morgan fingerprint density at radius 1 is 1.11 bits per heavy atom. The third-order valence-corrected chi connectivity index (χ3v) is 6.83. The molecule has 1 unspecified atom stereocenters. The number of aliphatic hydroxyl groups excluding tert-OH is 1. The molecule has 1 aliphatic rings. The van der Waals surface area contributed by atoms with E-state index >= 15 is 0 Å². The van der Waals surface area contributed by atoms with Gasteiger partial charge in [0, 0.05) is 27.5 Å². The summed E-state index contributed by atoms with van der Waals surface area (Å²) >= 11 is 3.42. The van der Waals surface area contributed by atoms with Gasteiger partial charge in [0.15, 0.2) is 0 Å². The molecule has 1 fully saturated rings. The molecular weight excluding hydrogens is 630 g/mol. The number of pyridine rings is 1. The number of carbonyl (C=O) groups is 3. The molecule has 240 valence electrons. The van der Waals surface area contributed by atoms with Crippen LogP contribution in [0.25, 0.3) is 22.0 Å². The molecule has 1 aromatic heterocycles. The number of para-hydroxylation sites is 1. The van der Waals surface area contributed by atoms with Gasteiger partial charge in [-0.05, 0) is 54.0 Å². The number of esters is 1. The summed E-state index contributed by atoms with van der Waals surface area (Å²) in [4.78, 5) is 51.5. The first-order valence-corrected chi connectivity index (χ1v) is 15.3. The number of alkyl carbamates (subject to hydrolysis) is 1. The molecule has 4 rings (SSSR count). The molecule has 1 atom stereocenters. The number of fused-ring (bicyclic) bond motifs is 1. The number of ether oxygens (including phenoxy) is 2. The van der Waals surface area contributed by atoms with Crippen molar-refractivity contribution in [1.29, 1.82) is 0 Å². The second-order valence-corrected chi connectivity index (χ2v) is 12.8. The summed E-state index contributed by atoms with van der Waals surface area (Å²) in [5.74, 6) is 0.0318. The van der Waals surface area contributed by atoms with Gasteiger partial charge >= 0.3 is 12.1 Å². The minimum absolute atomic E-state index is 0.0397. The molecule has 3 N–H and O–H groups in total. The van der Waals surface area contributed by atoms with E-state index in [-0.39, 0.29) is 31.2 Å². The van der Waals surface area contributed by atoms with Gasteiger partial charge in [0.05, 0.1) is 13.7 Å². The van der Waals surface area contributed by atoms with Gasteiger partial charge in [-0.15, -0.1) is 0 Å². The fraction of sp³-hybridized carbons (Fsp3) is 0.455. The summed E-state index contributed by atoms with van der Waals surface area (Å²) in [5, 5.41) is 12.4. The average Bonchev–Trinajstić information content (AvgIpc) is 3.48. The molecule has 3 aromatic rings. The van der Waals surface area contributed by atoms with Gasteiger partial charge in [0.25, 0.3) is 5.56 Å². The van der Waals surface area contributed by atoms with Crippen LogP contribution in [0.15, 0.2) is 63.9 Å². The predicted molar refractivity (Wildman–Crippen MR) is 175 cm³/mol. The van der Waals surface area contributed by atoms with Crippen molar-refractivity contribution in [2.45, 2.75) is 53.5 Å². The van der Waals surface area contributed by atoms with Crippen molar-refractivity contribution in [2.75, 3.05) is 33.4 Å². The largest absolute Gasteiger partial charge is 0.467 e. The van der Waals surface area contributed by atoms with Crippen molar-refractivity contribution in [3.63, 3.8) is 0 Å². The fourth-order valence-corrected chi connectivity index (χ4v) is 4.47. The van der Waals surface area contributed by atoms with Gasteiger partial charge in [-0.3, -0.25) is 9.59 Å². The van der Waals surface area contributed by atoms with Crippen molar-refractivity contribution in [2.24, 2.45) is 11.3 Å². The number of methoxy groups -OCH3 is 1. The van der Waals surface area contributed by atoms with Crippen LogP contribution < -0.4 is 10.9 Å². The zero-order chi connectivity index (χ0) is 32.9. The number of benzene rings is 2. The van der Waals surface area contributed by atoms with Crippen LogP contribution in [0.3, 0.4) is 0 Å². The standard InChI is InChI=1S/C15H10BrNO.C14H24N2O6.C4H10/c16-12-6-3-5-10(8-12)13-9-11-4-1-2-7-14(11)17-15(13)18;1-14(2,8-17)9-22-13(20)15-7-11(18)16-6-4-5-10(16)12(19)21-3;1-4(2)3/h1-9H,(H,17,18);10,17H,4-9H2,1-3H3,(H,15,20);4H,1-3H3. The Labute approximate surface area is 267 Å². The summed E-state index contributed by atoms with van der Waals surface area (Å²) in [6.45, 7) is 10.1. The van der Waals surface area contributed by atoms with E-state index in [1.807, 2.05) is 54.6 Å². The van der Waals surface area contributed by atoms with Crippen molar-refractivity contribution in [3.8, 4) is 11.1 Å². The van der Waals surface area contributed by atoms with E-state index in [4.69, 9.17) is 9.84 Å². The molecule has 1 saturated heterocycles. The lowest BCUT2D eigenvalue weighted by Gasteiger charge is -2.23. The number of halogens is 1. The average molecular weight is 675 g/mol. The number of H-pyrrole nitrogens is 1. The first kappa shape index (κ1) is 36.5. The molecule has 10 nitrogen and oxygen atoms in total. The molecule has 1 aliphatic heterocycles. The number of carbonyl (C=O) groups excluding carboxylic acids is 3. The van der Waals surface area contributed by atoms with Gasteiger partial charge in [-0.2, -0.15) is 0 Å². The van der Waals surface area contributed by atoms with E-state index in [1.54, 1.807) is 13.8 Å². The van der Waals surface area contributed by atoms with Crippen molar-refractivity contribution in [1.82, 2.24) is 15.2 Å². The highest BCUT2D eigenvalue weighted by Crippen LogP contribution is 2.22. The van der Waals surface area contributed by atoms with Gasteiger partial charge in [-0.1, -0.05) is 80.9 Å². The van der Waals surface area contributed by atoms with Crippen LogP contribution in [-0.2, 0) is 19.1 Å². The van der Waals surface area contributed by atoms with Crippen LogP contribution in [0.2, 0.25) is 0 Å². The number of amides is 2. The van der Waals surface area contributed by atoms with E-state index in [1.165, 1.54) is 12.0 Å². The molecule has 0 bridgehead atoms. The summed E-state index contributed by atoms with van der Waals surface area (Å²) in [7, 11) is 1.28. The molecule has 2 heterocycles. The molecule has 0 saturated carbocycles. The number of nitrogens with zero attached hydrogens (tertiary/aromatic N) is 1. The van der Waals surface area contributed by atoms with Gasteiger partial charge in [0.1, 0.15) is 19.2 Å². The Balaban J connectivity index is 0.000000277. The second-order valence-electron chi connectivity index (χ2n) is 11.9. The Hall–Kier alpha value is -3.70. The number of nitrogens with one attached hydrogen (secondary N) is 2. The number of hydrogen-bond donors (Lipinski definition) is 3. The predicted octanol–water partition coefficient (Wildman–Crippen LogP) is 5.52. The Morgan fingerprint density at radius 3 is 2.43 bits per heavy atom. The maximum atomic E-state index is 12.1. The van der Waals surface area contributed by atoms with E-state index in [9.17, 15) is 19.2 Å². The van der Waals surface area contributed by atoms with Crippen LogP contribution in [0.4, 0.5) is 4.79 Å². The number of rotatable bonds is 7. The highest BCUT2D eigenvalue weighted by Gasteiger charge is 2.34. The van der Waals surface area contributed by atoms with Crippen molar-refractivity contribution >= 4 is 44.8 Å². The first-order chi connectivity index (χ1) is 20.8. The Morgan fingerprint density at radius 2 is 1.80 bits per heavy atom. The van der Waals surface area contributed by atoms with E-state index in [0.717, 1.165) is 33.3 Å². The van der Waals surface area contributed by atoms with Gasteiger partial charge in [0.2, 0.25) is 5.91 Å². The molecule has 0 radical (unpaired) electrons. The maximum absolute atomic E-state index is 12.1. The Bertz CT molecular complexity index is 1450. The number of hydrogen-bond acceptors (Lipinski definition) is 7. The highest BCUT2D eigenvalue weighted by atomic mass is 79.9. The minimum Gasteiger partial charge on any atom is -0.467 e. The number of aliphatic hydroxyl groups is 1. The van der Waals surface area contributed by atoms with Gasteiger partial charge < -0.3 is 29.8 Å². The SMILES string of the molecule is CC(C)C.COC(=O)C1CCCN1C(=O)CNC(=O)OCC(C)(C)CO.O=c1[nH]c2ccccc2cc1-c1cccc(Br)c1.